The van der Waals surface area contributed by atoms with Crippen LogP contribution in [0, 0.1) is 5.82 Å². The molecule has 1 heterocycles. The first-order chi connectivity index (χ1) is 8.41. The van der Waals surface area contributed by atoms with Gasteiger partial charge in [0.1, 0.15) is 11.9 Å². The molecule has 1 aromatic rings. The molecule has 0 saturated carbocycles. The van der Waals surface area contributed by atoms with Crippen molar-refractivity contribution in [3.63, 3.8) is 0 Å². The highest BCUT2D eigenvalue weighted by molar-refractivity contribution is 5.73. The summed E-state index contributed by atoms with van der Waals surface area (Å²) >= 11 is 0. The molecule has 1 aliphatic heterocycles. The highest BCUT2D eigenvalue weighted by atomic mass is 19.1. The highest BCUT2D eigenvalue weighted by Crippen LogP contribution is 2.31. The first kappa shape index (κ1) is 13.0. The third kappa shape index (κ3) is 2.37. The predicted octanol–water partition coefficient (Wildman–Crippen LogP) is 1.42. The molecule has 0 radical (unpaired) electrons. The minimum absolute atomic E-state index is 0.0101. The van der Waals surface area contributed by atoms with Gasteiger partial charge in [0, 0.05) is 11.5 Å². The second-order valence-corrected chi connectivity index (χ2v) is 5.20. The summed E-state index contributed by atoms with van der Waals surface area (Å²) in [5.74, 6) is -1.13. The quantitative estimate of drug-likeness (QED) is 0.761. The fraction of sp³-hybridized carbons (Fsp3) is 0.462. The van der Waals surface area contributed by atoms with Gasteiger partial charge in [-0.25, -0.2) is 9.82 Å². The normalized spacial score (nSPS) is 24.2. The van der Waals surface area contributed by atoms with E-state index in [1.54, 1.807) is 12.1 Å². The Hall–Kier alpha value is -1.46. The lowest BCUT2D eigenvalue weighted by Gasteiger charge is -2.31. The van der Waals surface area contributed by atoms with Gasteiger partial charge in [0.25, 0.3) is 0 Å². The summed E-state index contributed by atoms with van der Waals surface area (Å²) in [6.07, 6.45) is 0.500. The van der Waals surface area contributed by atoms with E-state index >= 15 is 0 Å². The largest absolute Gasteiger partial charge is 0.480 e. The minimum Gasteiger partial charge on any atom is -0.480 e. The molecule has 2 atom stereocenters. The van der Waals surface area contributed by atoms with Crippen LogP contribution in [0.15, 0.2) is 24.3 Å². The van der Waals surface area contributed by atoms with Gasteiger partial charge in [-0.05, 0) is 24.1 Å². The summed E-state index contributed by atoms with van der Waals surface area (Å²) in [6.45, 7) is 4.04. The molecule has 3 N–H and O–H groups in total. The van der Waals surface area contributed by atoms with Gasteiger partial charge < -0.3 is 5.11 Å². The Kier molecular flexibility index (Phi) is 3.36. The molecule has 2 rings (SSSR count). The van der Waals surface area contributed by atoms with E-state index in [1.807, 2.05) is 13.8 Å². The first-order valence-electron chi connectivity index (χ1n) is 5.91. The second kappa shape index (κ2) is 4.66. The van der Waals surface area contributed by atoms with Gasteiger partial charge >= 0.3 is 5.97 Å². The summed E-state index contributed by atoms with van der Waals surface area (Å²) in [5.41, 5.74) is 6.49. The van der Waals surface area contributed by atoms with Crippen LogP contribution in [0.4, 0.5) is 4.39 Å². The third-order valence-corrected chi connectivity index (χ3v) is 3.66. The molecular weight excluding hydrogens is 235 g/mol. The van der Waals surface area contributed by atoms with Crippen molar-refractivity contribution in [3.05, 3.63) is 35.6 Å². The molecule has 2 unspecified atom stereocenters. The van der Waals surface area contributed by atoms with E-state index in [4.69, 9.17) is 5.11 Å². The monoisotopic (exact) mass is 252 g/mol. The Morgan fingerprint density at radius 1 is 1.33 bits per heavy atom. The molecule has 1 saturated heterocycles. The number of carboxylic acid groups (broad SMARTS) is 1. The summed E-state index contributed by atoms with van der Waals surface area (Å²) in [6, 6.07) is 5.75. The maximum atomic E-state index is 12.9. The van der Waals surface area contributed by atoms with Gasteiger partial charge in [-0.3, -0.25) is 10.2 Å². The van der Waals surface area contributed by atoms with Gasteiger partial charge in [0.15, 0.2) is 0 Å². The van der Waals surface area contributed by atoms with Gasteiger partial charge in [-0.1, -0.05) is 26.0 Å². The molecule has 5 heteroatoms. The smallest absolute Gasteiger partial charge is 0.322 e. The van der Waals surface area contributed by atoms with E-state index in [9.17, 15) is 9.18 Å². The molecule has 1 aromatic carbocycles. The number of halogens is 1. The Morgan fingerprint density at radius 2 is 1.94 bits per heavy atom. The van der Waals surface area contributed by atoms with Crippen LogP contribution >= 0.6 is 0 Å². The van der Waals surface area contributed by atoms with E-state index in [2.05, 4.69) is 10.9 Å². The van der Waals surface area contributed by atoms with Crippen molar-refractivity contribution in [1.29, 1.82) is 0 Å². The summed E-state index contributed by atoms with van der Waals surface area (Å²) in [7, 11) is 0. The lowest BCUT2D eigenvalue weighted by molar-refractivity contribution is -0.139. The van der Waals surface area contributed by atoms with Gasteiger partial charge in [-0.2, -0.15) is 0 Å². The van der Waals surface area contributed by atoms with Crippen molar-refractivity contribution in [2.75, 3.05) is 0 Å². The molecule has 0 aromatic heterocycles. The number of rotatable bonds is 3. The number of nitrogens with one attached hydrogen (secondary N) is 2. The zero-order chi connectivity index (χ0) is 13.3. The van der Waals surface area contributed by atoms with E-state index in [-0.39, 0.29) is 17.3 Å². The molecule has 4 nitrogen and oxygen atoms in total. The lowest BCUT2D eigenvalue weighted by atomic mass is 9.76. The predicted molar refractivity (Wildman–Crippen MR) is 65.5 cm³/mol. The minimum atomic E-state index is -0.861. The number of hydrazine groups is 1. The topological polar surface area (TPSA) is 61.4 Å². The number of carbonyl (C=O) groups is 1. The number of carboxylic acids is 1. The first-order valence-corrected chi connectivity index (χ1v) is 5.91. The maximum absolute atomic E-state index is 12.9. The van der Waals surface area contributed by atoms with Gasteiger partial charge in [0.2, 0.25) is 0 Å². The van der Waals surface area contributed by atoms with Crippen molar-refractivity contribution in [1.82, 2.24) is 10.9 Å². The summed E-state index contributed by atoms with van der Waals surface area (Å²) in [5, 5.41) is 8.95. The van der Waals surface area contributed by atoms with Gasteiger partial charge in [-0.15, -0.1) is 0 Å². The van der Waals surface area contributed by atoms with Crippen LogP contribution in [-0.2, 0) is 10.2 Å². The summed E-state index contributed by atoms with van der Waals surface area (Å²) in [4.78, 5) is 10.9. The standard InChI is InChI=1S/C13H17FN2O2/c1-13(2,8-3-5-9(14)6-4-8)11-7-10(12(17)18)15-16-11/h3-6,10-11,15-16H,7H2,1-2H3,(H,17,18). The maximum Gasteiger partial charge on any atom is 0.322 e. The van der Waals surface area contributed by atoms with Crippen LogP contribution in [0.25, 0.3) is 0 Å². The van der Waals surface area contributed by atoms with E-state index in [1.165, 1.54) is 12.1 Å². The van der Waals surface area contributed by atoms with E-state index in [0.717, 1.165) is 5.56 Å². The molecule has 0 amide bonds. The number of hydrogen-bond donors (Lipinski definition) is 3. The molecule has 18 heavy (non-hydrogen) atoms. The Balaban J connectivity index is 2.16. The molecule has 0 aliphatic carbocycles. The Labute approximate surface area is 105 Å². The molecule has 0 spiro atoms. The molecule has 98 valence electrons. The summed E-state index contributed by atoms with van der Waals surface area (Å²) < 4.78 is 12.9. The van der Waals surface area contributed by atoms with Crippen molar-refractivity contribution in [2.45, 2.75) is 37.8 Å². The number of hydrogen-bond acceptors (Lipinski definition) is 3. The van der Waals surface area contributed by atoms with Crippen LogP contribution < -0.4 is 10.9 Å². The molecular formula is C13H17FN2O2. The fourth-order valence-corrected chi connectivity index (χ4v) is 2.27. The zero-order valence-corrected chi connectivity index (χ0v) is 10.4. The second-order valence-electron chi connectivity index (χ2n) is 5.20. The Bertz CT molecular complexity index is 445. The average Bonchev–Trinajstić information content (AvgIpc) is 2.79. The lowest BCUT2D eigenvalue weighted by Crippen LogP contribution is -2.44. The van der Waals surface area contributed by atoms with E-state index in [0.29, 0.717) is 6.42 Å². The SMILES string of the molecule is CC(C)(c1ccc(F)cc1)C1CC(C(=O)O)NN1. The van der Waals surface area contributed by atoms with Crippen LogP contribution in [0.3, 0.4) is 0 Å². The Morgan fingerprint density at radius 3 is 2.44 bits per heavy atom. The fourth-order valence-electron chi connectivity index (χ4n) is 2.27. The van der Waals surface area contributed by atoms with Crippen molar-refractivity contribution in [2.24, 2.45) is 0 Å². The van der Waals surface area contributed by atoms with Crippen molar-refractivity contribution < 1.29 is 14.3 Å². The van der Waals surface area contributed by atoms with E-state index < -0.39 is 12.0 Å². The van der Waals surface area contributed by atoms with Crippen molar-refractivity contribution >= 4 is 5.97 Å². The number of benzene rings is 1. The molecule has 0 bridgehead atoms. The highest BCUT2D eigenvalue weighted by Gasteiger charge is 2.39. The van der Waals surface area contributed by atoms with Gasteiger partial charge in [0.05, 0.1) is 0 Å². The van der Waals surface area contributed by atoms with Crippen molar-refractivity contribution in [3.8, 4) is 0 Å². The zero-order valence-electron chi connectivity index (χ0n) is 10.4. The van der Waals surface area contributed by atoms with Crippen LogP contribution in [0.2, 0.25) is 0 Å². The van der Waals surface area contributed by atoms with Crippen LogP contribution in [0.1, 0.15) is 25.8 Å². The average molecular weight is 252 g/mol. The number of aliphatic carboxylic acids is 1. The molecule has 1 aliphatic rings. The van der Waals surface area contributed by atoms with Crippen LogP contribution in [-0.4, -0.2) is 23.2 Å². The molecule has 1 fully saturated rings. The third-order valence-electron chi connectivity index (χ3n) is 3.66. The van der Waals surface area contributed by atoms with Crippen LogP contribution in [0.5, 0.6) is 0 Å².